The van der Waals surface area contributed by atoms with Gasteiger partial charge < -0.3 is 5.11 Å². The van der Waals surface area contributed by atoms with Crippen molar-refractivity contribution >= 4 is 16.0 Å². The van der Waals surface area contributed by atoms with Crippen LogP contribution in [0.1, 0.15) is 30.4 Å². The summed E-state index contributed by atoms with van der Waals surface area (Å²) in [7, 11) is -3.57. The highest BCUT2D eigenvalue weighted by Crippen LogP contribution is 2.28. The average Bonchev–Trinajstić information content (AvgIpc) is 2.97. The first-order valence-corrected chi connectivity index (χ1v) is 8.77. The monoisotopic (exact) mass is 309 g/mol. The van der Waals surface area contributed by atoms with Crippen LogP contribution in [-0.4, -0.2) is 36.9 Å². The van der Waals surface area contributed by atoms with Gasteiger partial charge in [-0.05, 0) is 55.4 Å². The van der Waals surface area contributed by atoms with Crippen molar-refractivity contribution in [1.29, 1.82) is 0 Å². The topological polar surface area (TPSA) is 74.7 Å². The second-order valence-corrected chi connectivity index (χ2v) is 7.76. The van der Waals surface area contributed by atoms with Crippen LogP contribution < -0.4 is 0 Å². The fourth-order valence-corrected chi connectivity index (χ4v) is 4.72. The molecule has 114 valence electrons. The van der Waals surface area contributed by atoms with E-state index in [2.05, 4.69) is 0 Å². The van der Waals surface area contributed by atoms with Crippen LogP contribution >= 0.6 is 0 Å². The Morgan fingerprint density at radius 1 is 1.19 bits per heavy atom. The summed E-state index contributed by atoms with van der Waals surface area (Å²) in [6, 6.07) is 5.34. The van der Waals surface area contributed by atoms with Gasteiger partial charge in [-0.1, -0.05) is 6.07 Å². The van der Waals surface area contributed by atoms with E-state index in [1.165, 1.54) is 9.87 Å². The maximum absolute atomic E-state index is 12.6. The third-order valence-electron chi connectivity index (χ3n) is 4.46. The van der Waals surface area contributed by atoms with Crippen molar-refractivity contribution in [1.82, 2.24) is 4.31 Å². The van der Waals surface area contributed by atoms with Crippen molar-refractivity contribution in [2.75, 3.05) is 13.1 Å². The maximum atomic E-state index is 12.6. The molecule has 6 heteroatoms. The molecule has 1 aliphatic carbocycles. The van der Waals surface area contributed by atoms with E-state index in [0.29, 0.717) is 11.3 Å². The fourth-order valence-electron chi connectivity index (χ4n) is 3.17. The zero-order valence-electron chi connectivity index (χ0n) is 11.8. The molecule has 1 heterocycles. The Balaban J connectivity index is 1.87. The number of aliphatic carboxylic acids is 1. The number of sulfonamides is 1. The number of carbonyl (C=O) groups is 1. The van der Waals surface area contributed by atoms with Crippen LogP contribution in [0, 0.1) is 5.92 Å². The van der Waals surface area contributed by atoms with Gasteiger partial charge in [0.1, 0.15) is 0 Å². The van der Waals surface area contributed by atoms with Crippen molar-refractivity contribution in [3.8, 4) is 0 Å². The van der Waals surface area contributed by atoms with Crippen molar-refractivity contribution in [3.63, 3.8) is 0 Å². The predicted molar refractivity (Wildman–Crippen MR) is 77.6 cm³/mol. The highest BCUT2D eigenvalue weighted by atomic mass is 32.2. The van der Waals surface area contributed by atoms with Gasteiger partial charge in [-0.25, -0.2) is 8.42 Å². The van der Waals surface area contributed by atoms with Gasteiger partial charge >= 0.3 is 5.97 Å². The van der Waals surface area contributed by atoms with E-state index < -0.39 is 21.9 Å². The molecule has 0 unspecified atom stereocenters. The Labute approximate surface area is 124 Å². The number of carboxylic acids is 1. The second-order valence-electron chi connectivity index (χ2n) is 5.82. The van der Waals surface area contributed by atoms with Gasteiger partial charge in [-0.15, -0.1) is 0 Å². The Kier molecular flexibility index (Phi) is 3.75. The minimum Gasteiger partial charge on any atom is -0.481 e. The number of carboxylic acid groups (broad SMARTS) is 1. The van der Waals surface area contributed by atoms with E-state index in [4.69, 9.17) is 5.11 Å². The minimum absolute atomic E-state index is 0.0781. The first-order valence-electron chi connectivity index (χ1n) is 7.33. The van der Waals surface area contributed by atoms with Crippen LogP contribution in [-0.2, 0) is 27.7 Å². The molecular formula is C15H19NO4S. The first kappa shape index (κ1) is 14.5. The Morgan fingerprint density at radius 3 is 2.57 bits per heavy atom. The third-order valence-corrected chi connectivity index (χ3v) is 6.32. The minimum atomic E-state index is -3.57. The summed E-state index contributed by atoms with van der Waals surface area (Å²) >= 11 is 0. The molecule has 0 aromatic heterocycles. The van der Waals surface area contributed by atoms with Gasteiger partial charge in [-0.3, -0.25) is 4.79 Å². The molecule has 0 spiro atoms. The molecule has 1 atom stereocenters. The van der Waals surface area contributed by atoms with Crippen molar-refractivity contribution in [2.45, 2.75) is 37.0 Å². The summed E-state index contributed by atoms with van der Waals surface area (Å²) in [6.07, 6.45) is 4.59. The zero-order chi connectivity index (χ0) is 15.0. The Hall–Kier alpha value is -1.40. The summed E-state index contributed by atoms with van der Waals surface area (Å²) in [5.41, 5.74) is 2.36. The van der Waals surface area contributed by atoms with Crippen LogP contribution in [0.3, 0.4) is 0 Å². The smallest absolute Gasteiger partial charge is 0.307 e. The summed E-state index contributed by atoms with van der Waals surface area (Å²) in [5.74, 6) is -1.50. The molecule has 1 aromatic carbocycles. The van der Waals surface area contributed by atoms with Gasteiger partial charge in [0.15, 0.2) is 0 Å². The van der Waals surface area contributed by atoms with E-state index in [1.807, 2.05) is 6.07 Å². The van der Waals surface area contributed by atoms with Crippen molar-refractivity contribution < 1.29 is 18.3 Å². The molecular weight excluding hydrogens is 290 g/mol. The van der Waals surface area contributed by atoms with E-state index >= 15 is 0 Å². The number of aryl methyl sites for hydroxylation is 2. The van der Waals surface area contributed by atoms with Gasteiger partial charge in [0.05, 0.1) is 10.8 Å². The quantitative estimate of drug-likeness (QED) is 0.921. The van der Waals surface area contributed by atoms with Gasteiger partial charge in [0, 0.05) is 13.1 Å². The molecule has 1 saturated heterocycles. The lowest BCUT2D eigenvalue weighted by molar-refractivity contribution is -0.141. The highest BCUT2D eigenvalue weighted by molar-refractivity contribution is 7.89. The average molecular weight is 309 g/mol. The number of nitrogens with zero attached hydrogens (tertiary/aromatic N) is 1. The summed E-state index contributed by atoms with van der Waals surface area (Å²) in [6.45, 7) is 0.366. The van der Waals surface area contributed by atoms with Crippen LogP contribution in [0.4, 0.5) is 0 Å². The number of hydrogen-bond acceptors (Lipinski definition) is 3. The van der Waals surface area contributed by atoms with Gasteiger partial charge in [0.25, 0.3) is 0 Å². The second kappa shape index (κ2) is 5.42. The predicted octanol–water partition coefficient (Wildman–Crippen LogP) is 1.66. The van der Waals surface area contributed by atoms with E-state index in [1.54, 1.807) is 12.1 Å². The number of benzene rings is 1. The molecule has 1 aromatic rings. The first-order chi connectivity index (χ1) is 9.98. The fraction of sp³-hybridized carbons (Fsp3) is 0.533. The molecule has 5 nitrogen and oxygen atoms in total. The van der Waals surface area contributed by atoms with Crippen LogP contribution in [0.2, 0.25) is 0 Å². The normalized spacial score (nSPS) is 23.0. The molecule has 0 amide bonds. The summed E-state index contributed by atoms with van der Waals surface area (Å²) < 4.78 is 26.5. The van der Waals surface area contributed by atoms with E-state index in [9.17, 15) is 13.2 Å². The van der Waals surface area contributed by atoms with Gasteiger partial charge in [0.2, 0.25) is 10.0 Å². The Bertz CT molecular complexity index is 668. The molecule has 21 heavy (non-hydrogen) atoms. The van der Waals surface area contributed by atoms with Crippen LogP contribution in [0.25, 0.3) is 0 Å². The summed E-state index contributed by atoms with van der Waals surface area (Å²) in [5, 5.41) is 9.00. The van der Waals surface area contributed by atoms with E-state index in [-0.39, 0.29) is 13.1 Å². The summed E-state index contributed by atoms with van der Waals surface area (Å²) in [4.78, 5) is 11.3. The van der Waals surface area contributed by atoms with Crippen molar-refractivity contribution in [3.05, 3.63) is 29.3 Å². The standard InChI is InChI=1S/C15H19NO4S/c17-15(18)13-7-8-16(10-13)21(19,20)14-6-5-11-3-1-2-4-12(11)9-14/h5-6,9,13H,1-4,7-8,10H2,(H,17,18)/t13-/m0/s1. The molecule has 1 N–H and O–H groups in total. The highest BCUT2D eigenvalue weighted by Gasteiger charge is 2.36. The van der Waals surface area contributed by atoms with Crippen molar-refractivity contribution in [2.24, 2.45) is 5.92 Å². The van der Waals surface area contributed by atoms with Crippen LogP contribution in [0.15, 0.2) is 23.1 Å². The van der Waals surface area contributed by atoms with Crippen LogP contribution in [0.5, 0.6) is 0 Å². The largest absolute Gasteiger partial charge is 0.481 e. The molecule has 0 radical (unpaired) electrons. The Morgan fingerprint density at radius 2 is 1.90 bits per heavy atom. The lowest BCUT2D eigenvalue weighted by Gasteiger charge is -2.20. The number of hydrogen-bond donors (Lipinski definition) is 1. The van der Waals surface area contributed by atoms with Gasteiger partial charge in [-0.2, -0.15) is 4.31 Å². The maximum Gasteiger partial charge on any atom is 0.307 e. The molecule has 1 aliphatic heterocycles. The molecule has 2 aliphatic rings. The molecule has 3 rings (SSSR count). The lowest BCUT2D eigenvalue weighted by Crippen LogP contribution is -2.30. The number of fused-ring (bicyclic) bond motifs is 1. The zero-order valence-corrected chi connectivity index (χ0v) is 12.6. The van der Waals surface area contributed by atoms with E-state index in [0.717, 1.165) is 31.2 Å². The molecule has 0 bridgehead atoms. The molecule has 1 fully saturated rings. The SMILES string of the molecule is O=C(O)[C@H]1CCN(S(=O)(=O)c2ccc3c(c2)CCCC3)C1. The molecule has 0 saturated carbocycles. The third kappa shape index (κ3) is 2.70. The lowest BCUT2D eigenvalue weighted by atomic mass is 9.92. The number of rotatable bonds is 3.